The van der Waals surface area contributed by atoms with Crippen LogP contribution < -0.4 is 11.1 Å². The standard InChI is InChI=1S/C15H25N3O/c1-4-13-8-5-7-12(2)15(13)17-14(19)11-18(3)10-6-9-16/h5,7-8H,4,6,9-11,16H2,1-3H3,(H,17,19). The van der Waals surface area contributed by atoms with Crippen LogP contribution in [0.25, 0.3) is 0 Å². The molecule has 19 heavy (non-hydrogen) atoms. The summed E-state index contributed by atoms with van der Waals surface area (Å²) < 4.78 is 0. The van der Waals surface area contributed by atoms with E-state index in [0.717, 1.165) is 30.6 Å². The first-order valence-electron chi connectivity index (χ1n) is 6.85. The van der Waals surface area contributed by atoms with Crippen LogP contribution in [0.1, 0.15) is 24.5 Å². The average Bonchev–Trinajstić information content (AvgIpc) is 2.38. The number of hydrogen-bond donors (Lipinski definition) is 2. The van der Waals surface area contributed by atoms with Gasteiger partial charge >= 0.3 is 0 Å². The summed E-state index contributed by atoms with van der Waals surface area (Å²) in [7, 11) is 1.94. The highest BCUT2D eigenvalue weighted by Crippen LogP contribution is 2.20. The van der Waals surface area contributed by atoms with Crippen molar-refractivity contribution in [2.75, 3.05) is 32.0 Å². The summed E-state index contributed by atoms with van der Waals surface area (Å²) in [5.41, 5.74) is 8.71. The Morgan fingerprint density at radius 1 is 1.42 bits per heavy atom. The predicted octanol–water partition coefficient (Wildman–Crippen LogP) is 1.78. The van der Waals surface area contributed by atoms with Gasteiger partial charge < -0.3 is 11.1 Å². The van der Waals surface area contributed by atoms with E-state index < -0.39 is 0 Å². The number of rotatable bonds is 7. The third kappa shape index (κ3) is 5.01. The largest absolute Gasteiger partial charge is 0.330 e. The Hall–Kier alpha value is -1.39. The van der Waals surface area contributed by atoms with Crippen molar-refractivity contribution >= 4 is 11.6 Å². The van der Waals surface area contributed by atoms with E-state index in [0.29, 0.717) is 13.1 Å². The van der Waals surface area contributed by atoms with Gasteiger partial charge in [-0.25, -0.2) is 0 Å². The van der Waals surface area contributed by atoms with Gasteiger partial charge in [-0.2, -0.15) is 0 Å². The molecule has 0 aliphatic carbocycles. The van der Waals surface area contributed by atoms with Crippen LogP contribution in [0.4, 0.5) is 5.69 Å². The SMILES string of the molecule is CCc1cccc(C)c1NC(=O)CN(C)CCCN. The van der Waals surface area contributed by atoms with E-state index in [1.807, 2.05) is 31.0 Å². The van der Waals surface area contributed by atoms with Crippen molar-refractivity contribution in [1.82, 2.24) is 4.90 Å². The van der Waals surface area contributed by atoms with Gasteiger partial charge in [0.05, 0.1) is 6.54 Å². The van der Waals surface area contributed by atoms with E-state index >= 15 is 0 Å². The summed E-state index contributed by atoms with van der Waals surface area (Å²) in [4.78, 5) is 14.0. The number of anilines is 1. The summed E-state index contributed by atoms with van der Waals surface area (Å²) in [5, 5.41) is 3.03. The van der Waals surface area contributed by atoms with Gasteiger partial charge in [0, 0.05) is 5.69 Å². The lowest BCUT2D eigenvalue weighted by atomic mass is 10.1. The quantitative estimate of drug-likeness (QED) is 0.788. The van der Waals surface area contributed by atoms with Crippen molar-refractivity contribution < 1.29 is 4.79 Å². The monoisotopic (exact) mass is 263 g/mol. The molecule has 1 rings (SSSR count). The molecule has 0 bridgehead atoms. The van der Waals surface area contributed by atoms with Crippen LogP contribution in [-0.4, -0.2) is 37.5 Å². The number of carbonyl (C=O) groups excluding carboxylic acids is 1. The van der Waals surface area contributed by atoms with Crippen LogP contribution in [0, 0.1) is 6.92 Å². The van der Waals surface area contributed by atoms with Crippen molar-refractivity contribution in [1.29, 1.82) is 0 Å². The molecule has 0 spiro atoms. The van der Waals surface area contributed by atoms with Crippen molar-refractivity contribution in [3.05, 3.63) is 29.3 Å². The van der Waals surface area contributed by atoms with Crippen molar-refractivity contribution in [2.24, 2.45) is 5.73 Å². The molecule has 0 unspecified atom stereocenters. The molecule has 1 aromatic carbocycles. The fourth-order valence-corrected chi connectivity index (χ4v) is 2.07. The molecular weight excluding hydrogens is 238 g/mol. The number of aryl methyl sites for hydroxylation is 2. The minimum Gasteiger partial charge on any atom is -0.330 e. The molecule has 0 aliphatic heterocycles. The Morgan fingerprint density at radius 2 is 2.16 bits per heavy atom. The summed E-state index contributed by atoms with van der Waals surface area (Å²) in [6.45, 7) is 6.02. The van der Waals surface area contributed by atoms with Crippen LogP contribution in [-0.2, 0) is 11.2 Å². The van der Waals surface area contributed by atoms with Gasteiger partial charge in [-0.1, -0.05) is 25.1 Å². The van der Waals surface area contributed by atoms with Crippen LogP contribution in [0.5, 0.6) is 0 Å². The van der Waals surface area contributed by atoms with Crippen molar-refractivity contribution in [3.8, 4) is 0 Å². The van der Waals surface area contributed by atoms with Crippen LogP contribution >= 0.6 is 0 Å². The Balaban J connectivity index is 2.62. The number of amides is 1. The predicted molar refractivity (Wildman–Crippen MR) is 80.4 cm³/mol. The van der Waals surface area contributed by atoms with Crippen molar-refractivity contribution in [2.45, 2.75) is 26.7 Å². The molecule has 3 N–H and O–H groups in total. The number of benzene rings is 1. The Kier molecular flexibility index (Phi) is 6.53. The molecule has 0 radical (unpaired) electrons. The number of nitrogens with zero attached hydrogens (tertiary/aromatic N) is 1. The highest BCUT2D eigenvalue weighted by molar-refractivity contribution is 5.93. The third-order valence-electron chi connectivity index (χ3n) is 3.16. The maximum atomic E-state index is 12.0. The fourth-order valence-electron chi connectivity index (χ4n) is 2.07. The molecule has 1 amide bonds. The third-order valence-corrected chi connectivity index (χ3v) is 3.16. The first-order valence-corrected chi connectivity index (χ1v) is 6.85. The molecule has 1 aromatic rings. The first kappa shape index (κ1) is 15.7. The van der Waals surface area contributed by atoms with E-state index in [1.165, 1.54) is 5.56 Å². The minimum atomic E-state index is 0.0310. The molecule has 4 nitrogen and oxygen atoms in total. The maximum Gasteiger partial charge on any atom is 0.238 e. The lowest BCUT2D eigenvalue weighted by molar-refractivity contribution is -0.117. The average molecular weight is 263 g/mol. The highest BCUT2D eigenvalue weighted by Gasteiger charge is 2.10. The molecule has 4 heteroatoms. The normalized spacial score (nSPS) is 10.8. The zero-order valence-corrected chi connectivity index (χ0v) is 12.2. The second-order valence-corrected chi connectivity index (χ2v) is 4.89. The molecule has 0 heterocycles. The first-order chi connectivity index (χ1) is 9.08. The highest BCUT2D eigenvalue weighted by atomic mass is 16.2. The van der Waals surface area contributed by atoms with Gasteiger partial charge in [0.2, 0.25) is 5.91 Å². The molecule has 0 fully saturated rings. The van der Waals surface area contributed by atoms with Gasteiger partial charge in [-0.15, -0.1) is 0 Å². The van der Waals surface area contributed by atoms with E-state index in [-0.39, 0.29) is 5.91 Å². The van der Waals surface area contributed by atoms with Crippen LogP contribution in [0.3, 0.4) is 0 Å². The number of nitrogens with one attached hydrogen (secondary N) is 1. The van der Waals surface area contributed by atoms with E-state index in [4.69, 9.17) is 5.73 Å². The minimum absolute atomic E-state index is 0.0310. The van der Waals surface area contributed by atoms with E-state index in [9.17, 15) is 4.79 Å². The molecular formula is C15H25N3O. The zero-order chi connectivity index (χ0) is 14.3. The topological polar surface area (TPSA) is 58.4 Å². The molecule has 0 atom stereocenters. The molecule has 0 aromatic heterocycles. The molecule has 0 saturated carbocycles. The summed E-state index contributed by atoms with van der Waals surface area (Å²) in [6, 6.07) is 6.10. The summed E-state index contributed by atoms with van der Waals surface area (Å²) in [5.74, 6) is 0.0310. The molecule has 106 valence electrons. The fraction of sp³-hybridized carbons (Fsp3) is 0.533. The molecule has 0 aliphatic rings. The Morgan fingerprint density at radius 3 is 2.79 bits per heavy atom. The number of carbonyl (C=O) groups is 1. The van der Waals surface area contributed by atoms with Crippen molar-refractivity contribution in [3.63, 3.8) is 0 Å². The maximum absolute atomic E-state index is 12.0. The number of hydrogen-bond acceptors (Lipinski definition) is 3. The van der Waals surface area contributed by atoms with E-state index in [1.54, 1.807) is 0 Å². The van der Waals surface area contributed by atoms with Crippen LogP contribution in [0.2, 0.25) is 0 Å². The summed E-state index contributed by atoms with van der Waals surface area (Å²) in [6.07, 6.45) is 1.83. The van der Waals surface area contributed by atoms with Gasteiger partial charge in [-0.05, 0) is 51.0 Å². The second-order valence-electron chi connectivity index (χ2n) is 4.89. The smallest absolute Gasteiger partial charge is 0.238 e. The lowest BCUT2D eigenvalue weighted by Crippen LogP contribution is -2.32. The Labute approximate surface area is 116 Å². The lowest BCUT2D eigenvalue weighted by Gasteiger charge is -2.17. The molecule has 0 saturated heterocycles. The number of likely N-dealkylation sites (N-methyl/N-ethyl adjacent to an activating group) is 1. The van der Waals surface area contributed by atoms with Gasteiger partial charge in [0.1, 0.15) is 0 Å². The zero-order valence-electron chi connectivity index (χ0n) is 12.2. The summed E-state index contributed by atoms with van der Waals surface area (Å²) >= 11 is 0. The van der Waals surface area contributed by atoms with Gasteiger partial charge in [0.15, 0.2) is 0 Å². The van der Waals surface area contributed by atoms with Gasteiger partial charge in [-0.3, -0.25) is 9.69 Å². The van der Waals surface area contributed by atoms with Gasteiger partial charge in [0.25, 0.3) is 0 Å². The van der Waals surface area contributed by atoms with Crippen LogP contribution in [0.15, 0.2) is 18.2 Å². The number of para-hydroxylation sites is 1. The number of nitrogens with two attached hydrogens (primary N) is 1. The Bertz CT molecular complexity index is 418. The van der Waals surface area contributed by atoms with E-state index in [2.05, 4.69) is 18.3 Å². The second kappa shape index (κ2) is 7.92.